The van der Waals surface area contributed by atoms with Crippen molar-refractivity contribution in [3.05, 3.63) is 66.5 Å². The number of carbonyl (C=O) groups is 1. The number of ether oxygens (including phenoxy) is 1. The number of hydrogen-bond acceptors (Lipinski definition) is 6. The predicted molar refractivity (Wildman–Crippen MR) is 118 cm³/mol. The van der Waals surface area contributed by atoms with Crippen LogP contribution in [0.4, 0.5) is 15.9 Å². The summed E-state index contributed by atoms with van der Waals surface area (Å²) in [6, 6.07) is 17.0. The number of nitrogens with one attached hydrogen (secondary N) is 1. The van der Waals surface area contributed by atoms with Crippen LogP contribution >= 0.6 is 0 Å². The molecule has 4 rings (SSSR count). The van der Waals surface area contributed by atoms with Gasteiger partial charge in [0.1, 0.15) is 11.6 Å². The molecule has 1 amide bonds. The Morgan fingerprint density at radius 2 is 1.81 bits per heavy atom. The Hall–Kier alpha value is -3.52. The molecule has 1 aliphatic heterocycles. The fraction of sp³-hybridized carbons (Fsp3) is 0.261. The second kappa shape index (κ2) is 9.53. The minimum Gasteiger partial charge on any atom is -0.484 e. The number of anilines is 2. The van der Waals surface area contributed by atoms with Gasteiger partial charge in [0, 0.05) is 43.5 Å². The van der Waals surface area contributed by atoms with Crippen molar-refractivity contribution >= 4 is 17.4 Å². The third-order valence-corrected chi connectivity index (χ3v) is 5.11. The van der Waals surface area contributed by atoms with Gasteiger partial charge in [0.25, 0.3) is 5.91 Å². The van der Waals surface area contributed by atoms with E-state index in [1.54, 1.807) is 18.2 Å². The molecule has 1 saturated heterocycles. The highest BCUT2D eigenvalue weighted by Gasteiger charge is 2.15. The Bertz CT molecular complexity index is 1020. The molecule has 7 nitrogen and oxygen atoms in total. The number of nitrogens with zero attached hydrogens (tertiary/aromatic N) is 4. The number of hydrogen-bond donors (Lipinski definition) is 1. The van der Waals surface area contributed by atoms with Gasteiger partial charge in [-0.05, 0) is 43.4 Å². The number of carbonyl (C=O) groups excluding carboxylic acids is 1. The Kier molecular flexibility index (Phi) is 6.37. The summed E-state index contributed by atoms with van der Waals surface area (Å²) in [5.74, 6) is 0.463. The molecule has 0 atom stereocenters. The van der Waals surface area contributed by atoms with Crippen molar-refractivity contribution in [2.75, 3.05) is 50.1 Å². The Labute approximate surface area is 180 Å². The largest absolute Gasteiger partial charge is 0.484 e. The lowest BCUT2D eigenvalue weighted by Crippen LogP contribution is -2.44. The molecule has 1 fully saturated rings. The molecule has 0 bridgehead atoms. The Morgan fingerprint density at radius 1 is 1.03 bits per heavy atom. The standard InChI is InChI=1S/C23H24FN5O2/c1-28-11-13-29(14-12-28)22-10-9-21(26-27-22)17-5-7-19(8-6-17)25-23(30)16-31-20-4-2-3-18(24)15-20/h2-10,15H,11-14,16H2,1H3,(H,25,30). The van der Waals surface area contributed by atoms with Crippen LogP contribution in [-0.4, -0.2) is 60.8 Å². The van der Waals surface area contributed by atoms with E-state index < -0.39 is 5.82 Å². The van der Waals surface area contributed by atoms with Crippen molar-refractivity contribution in [3.8, 4) is 17.0 Å². The lowest BCUT2D eigenvalue weighted by molar-refractivity contribution is -0.118. The normalized spacial score (nSPS) is 14.3. The van der Waals surface area contributed by atoms with Crippen molar-refractivity contribution in [1.82, 2.24) is 15.1 Å². The minimum atomic E-state index is -0.409. The molecule has 2 heterocycles. The number of aromatic nitrogens is 2. The third-order valence-electron chi connectivity index (χ3n) is 5.11. The van der Waals surface area contributed by atoms with Crippen LogP contribution in [0.25, 0.3) is 11.3 Å². The second-order valence-electron chi connectivity index (χ2n) is 7.44. The molecule has 1 N–H and O–H groups in total. The molecule has 2 aromatic carbocycles. The molecule has 8 heteroatoms. The first kappa shape index (κ1) is 20.7. The topological polar surface area (TPSA) is 70.6 Å². The highest BCUT2D eigenvalue weighted by atomic mass is 19.1. The summed E-state index contributed by atoms with van der Waals surface area (Å²) in [7, 11) is 2.12. The zero-order chi connectivity index (χ0) is 21.6. The van der Waals surface area contributed by atoms with Gasteiger partial charge >= 0.3 is 0 Å². The van der Waals surface area contributed by atoms with Crippen LogP contribution < -0.4 is 15.0 Å². The zero-order valence-corrected chi connectivity index (χ0v) is 17.3. The van der Waals surface area contributed by atoms with E-state index >= 15 is 0 Å². The number of likely N-dealkylation sites (N-methyl/N-ethyl adjacent to an activating group) is 1. The molecule has 0 radical (unpaired) electrons. The summed E-state index contributed by atoms with van der Waals surface area (Å²) < 4.78 is 18.5. The zero-order valence-electron chi connectivity index (χ0n) is 17.3. The maximum atomic E-state index is 13.2. The molecule has 0 unspecified atom stereocenters. The summed E-state index contributed by atoms with van der Waals surface area (Å²) in [5.41, 5.74) is 2.32. The molecule has 0 aliphatic carbocycles. The smallest absolute Gasteiger partial charge is 0.262 e. The summed E-state index contributed by atoms with van der Waals surface area (Å²) in [5, 5.41) is 11.5. The van der Waals surface area contributed by atoms with Crippen LogP contribution in [0.3, 0.4) is 0 Å². The fourth-order valence-corrected chi connectivity index (χ4v) is 3.31. The van der Waals surface area contributed by atoms with Gasteiger partial charge in [0.2, 0.25) is 0 Å². The van der Waals surface area contributed by atoms with E-state index in [2.05, 4.69) is 32.4 Å². The molecule has 31 heavy (non-hydrogen) atoms. The molecular weight excluding hydrogens is 397 g/mol. The van der Waals surface area contributed by atoms with Gasteiger partial charge in [0.15, 0.2) is 12.4 Å². The maximum Gasteiger partial charge on any atom is 0.262 e. The van der Waals surface area contributed by atoms with Crippen molar-refractivity contribution in [3.63, 3.8) is 0 Å². The molecule has 3 aromatic rings. The van der Waals surface area contributed by atoms with Crippen LogP contribution in [0.5, 0.6) is 5.75 Å². The molecule has 0 saturated carbocycles. The van der Waals surface area contributed by atoms with Crippen LogP contribution in [-0.2, 0) is 4.79 Å². The predicted octanol–water partition coefficient (Wildman–Crippen LogP) is 3.05. The summed E-state index contributed by atoms with van der Waals surface area (Å²) >= 11 is 0. The first-order valence-electron chi connectivity index (χ1n) is 10.1. The summed E-state index contributed by atoms with van der Waals surface area (Å²) in [6.45, 7) is 3.72. The minimum absolute atomic E-state index is 0.204. The van der Waals surface area contributed by atoms with Crippen LogP contribution in [0.1, 0.15) is 0 Å². The number of benzene rings is 2. The molecule has 160 valence electrons. The summed E-state index contributed by atoms with van der Waals surface area (Å²) in [4.78, 5) is 16.6. The van der Waals surface area contributed by atoms with Crippen LogP contribution in [0.15, 0.2) is 60.7 Å². The van der Waals surface area contributed by atoms with E-state index in [0.717, 1.165) is 43.3 Å². The third kappa shape index (κ3) is 5.55. The number of halogens is 1. The van der Waals surface area contributed by atoms with E-state index in [1.165, 1.54) is 18.2 Å². The molecular formula is C23H24FN5O2. The Balaban J connectivity index is 1.32. The number of rotatable bonds is 6. The average Bonchev–Trinajstić information content (AvgIpc) is 2.79. The van der Waals surface area contributed by atoms with Crippen molar-refractivity contribution in [2.24, 2.45) is 0 Å². The SMILES string of the molecule is CN1CCN(c2ccc(-c3ccc(NC(=O)COc4cccc(F)c4)cc3)nn2)CC1. The monoisotopic (exact) mass is 421 g/mol. The lowest BCUT2D eigenvalue weighted by atomic mass is 10.1. The maximum absolute atomic E-state index is 13.2. The van der Waals surface area contributed by atoms with E-state index in [0.29, 0.717) is 11.4 Å². The van der Waals surface area contributed by atoms with Gasteiger partial charge in [-0.3, -0.25) is 4.79 Å². The number of piperazine rings is 1. The van der Waals surface area contributed by atoms with E-state index in [4.69, 9.17) is 4.74 Å². The first-order chi connectivity index (χ1) is 15.1. The van der Waals surface area contributed by atoms with Crippen LogP contribution in [0.2, 0.25) is 0 Å². The number of amides is 1. The highest BCUT2D eigenvalue weighted by Crippen LogP contribution is 2.21. The molecule has 1 aromatic heterocycles. The van der Waals surface area contributed by atoms with Gasteiger partial charge in [-0.25, -0.2) is 4.39 Å². The van der Waals surface area contributed by atoms with Gasteiger partial charge in [-0.2, -0.15) is 0 Å². The van der Waals surface area contributed by atoms with E-state index in [9.17, 15) is 9.18 Å². The van der Waals surface area contributed by atoms with Gasteiger partial charge in [0.05, 0.1) is 5.69 Å². The highest BCUT2D eigenvalue weighted by molar-refractivity contribution is 5.92. The molecule has 0 spiro atoms. The van der Waals surface area contributed by atoms with Crippen LogP contribution in [0, 0.1) is 5.82 Å². The Morgan fingerprint density at radius 3 is 2.48 bits per heavy atom. The van der Waals surface area contributed by atoms with Gasteiger partial charge in [-0.15, -0.1) is 10.2 Å². The van der Waals surface area contributed by atoms with Crippen molar-refractivity contribution in [1.29, 1.82) is 0 Å². The summed E-state index contributed by atoms with van der Waals surface area (Å²) in [6.07, 6.45) is 0. The van der Waals surface area contributed by atoms with E-state index in [-0.39, 0.29) is 12.5 Å². The van der Waals surface area contributed by atoms with Gasteiger partial charge in [-0.1, -0.05) is 18.2 Å². The quantitative estimate of drug-likeness (QED) is 0.660. The lowest BCUT2D eigenvalue weighted by Gasteiger charge is -2.32. The van der Waals surface area contributed by atoms with Crippen molar-refractivity contribution < 1.29 is 13.9 Å². The van der Waals surface area contributed by atoms with E-state index in [1.807, 2.05) is 24.3 Å². The molecule has 1 aliphatic rings. The second-order valence-corrected chi connectivity index (χ2v) is 7.44. The first-order valence-corrected chi connectivity index (χ1v) is 10.1. The fourth-order valence-electron chi connectivity index (χ4n) is 3.31. The van der Waals surface area contributed by atoms with Gasteiger partial charge < -0.3 is 19.9 Å². The average molecular weight is 421 g/mol. The van der Waals surface area contributed by atoms with Crippen molar-refractivity contribution in [2.45, 2.75) is 0 Å².